The molecule has 0 aromatic carbocycles. The van der Waals surface area contributed by atoms with Crippen LogP contribution in [-0.4, -0.2) is 25.7 Å². The number of thiazole rings is 1. The zero-order valence-electron chi connectivity index (χ0n) is 12.1. The van der Waals surface area contributed by atoms with E-state index in [4.69, 9.17) is 4.74 Å². The van der Waals surface area contributed by atoms with Crippen molar-refractivity contribution in [1.29, 1.82) is 0 Å². The van der Waals surface area contributed by atoms with Crippen molar-refractivity contribution in [1.82, 2.24) is 19.7 Å². The summed E-state index contributed by atoms with van der Waals surface area (Å²) in [7, 11) is 1.83. The van der Waals surface area contributed by atoms with E-state index in [1.807, 2.05) is 31.4 Å². The minimum atomic E-state index is -0.454. The Morgan fingerprint density at radius 2 is 2.27 bits per heavy atom. The van der Waals surface area contributed by atoms with Crippen LogP contribution < -0.4 is 0 Å². The molecule has 3 aromatic heterocycles. The number of pyridine rings is 1. The summed E-state index contributed by atoms with van der Waals surface area (Å²) in [4.78, 5) is 20.6. The number of carbonyl (C=O) groups excluding carboxylic acids is 1. The molecular formula is C15H14N4O2S. The summed E-state index contributed by atoms with van der Waals surface area (Å²) in [5.74, 6) is -0.454. The average molecular weight is 314 g/mol. The molecule has 0 saturated carbocycles. The SMILES string of the molecule is C[C@@H](OC(=O)c1csc(-c2cnn(C)c2)n1)c1ccccn1. The Labute approximate surface area is 131 Å². The highest BCUT2D eigenvalue weighted by molar-refractivity contribution is 7.13. The number of carbonyl (C=O) groups is 1. The average Bonchev–Trinajstić information content (AvgIpc) is 3.16. The van der Waals surface area contributed by atoms with Crippen LogP contribution in [0, 0.1) is 0 Å². The van der Waals surface area contributed by atoms with Crippen molar-refractivity contribution in [2.75, 3.05) is 0 Å². The number of aromatic nitrogens is 4. The number of ether oxygens (including phenoxy) is 1. The molecular weight excluding hydrogens is 300 g/mol. The summed E-state index contributed by atoms with van der Waals surface area (Å²) in [6.07, 6.45) is 4.81. The fourth-order valence-electron chi connectivity index (χ4n) is 1.93. The second-order valence-corrected chi connectivity index (χ2v) is 5.60. The van der Waals surface area contributed by atoms with Crippen LogP contribution >= 0.6 is 11.3 Å². The zero-order chi connectivity index (χ0) is 15.5. The lowest BCUT2D eigenvalue weighted by Gasteiger charge is -2.11. The van der Waals surface area contributed by atoms with Gasteiger partial charge in [-0.1, -0.05) is 6.07 Å². The molecule has 1 atom stereocenters. The van der Waals surface area contributed by atoms with E-state index < -0.39 is 12.1 Å². The minimum absolute atomic E-state index is 0.298. The van der Waals surface area contributed by atoms with Crippen molar-refractivity contribution in [2.45, 2.75) is 13.0 Å². The van der Waals surface area contributed by atoms with Gasteiger partial charge < -0.3 is 4.74 Å². The highest BCUT2D eigenvalue weighted by atomic mass is 32.1. The minimum Gasteiger partial charge on any atom is -0.451 e. The summed E-state index contributed by atoms with van der Waals surface area (Å²) < 4.78 is 7.09. The van der Waals surface area contributed by atoms with Crippen LogP contribution in [0.2, 0.25) is 0 Å². The van der Waals surface area contributed by atoms with Crippen LogP contribution in [-0.2, 0) is 11.8 Å². The lowest BCUT2D eigenvalue weighted by molar-refractivity contribution is 0.0323. The van der Waals surface area contributed by atoms with Crippen LogP contribution in [0.25, 0.3) is 10.6 Å². The number of hydrogen-bond acceptors (Lipinski definition) is 6. The molecule has 112 valence electrons. The van der Waals surface area contributed by atoms with Gasteiger partial charge in [0, 0.05) is 30.4 Å². The van der Waals surface area contributed by atoms with Gasteiger partial charge in [-0.05, 0) is 19.1 Å². The largest absolute Gasteiger partial charge is 0.451 e. The molecule has 0 aliphatic carbocycles. The van der Waals surface area contributed by atoms with Crippen molar-refractivity contribution in [3.8, 4) is 10.6 Å². The first-order valence-electron chi connectivity index (χ1n) is 6.70. The molecule has 6 nitrogen and oxygen atoms in total. The summed E-state index contributed by atoms with van der Waals surface area (Å²) in [6, 6.07) is 5.49. The molecule has 22 heavy (non-hydrogen) atoms. The topological polar surface area (TPSA) is 69.9 Å². The molecule has 0 N–H and O–H groups in total. The number of hydrogen-bond donors (Lipinski definition) is 0. The van der Waals surface area contributed by atoms with Gasteiger partial charge in [-0.3, -0.25) is 9.67 Å². The van der Waals surface area contributed by atoms with Gasteiger partial charge >= 0.3 is 5.97 Å². The van der Waals surface area contributed by atoms with E-state index in [1.165, 1.54) is 11.3 Å². The first-order chi connectivity index (χ1) is 10.6. The Balaban J connectivity index is 1.72. The molecule has 0 unspecified atom stereocenters. The van der Waals surface area contributed by atoms with E-state index in [2.05, 4.69) is 15.1 Å². The molecule has 0 radical (unpaired) electrons. The Hall–Kier alpha value is -2.54. The van der Waals surface area contributed by atoms with Crippen LogP contribution in [0.1, 0.15) is 29.2 Å². The third-order valence-electron chi connectivity index (χ3n) is 3.05. The van der Waals surface area contributed by atoms with Crippen molar-refractivity contribution in [3.05, 3.63) is 53.6 Å². The molecule has 0 amide bonds. The Morgan fingerprint density at radius 1 is 1.41 bits per heavy atom. The van der Waals surface area contributed by atoms with Crippen LogP contribution in [0.3, 0.4) is 0 Å². The molecule has 0 aliphatic heterocycles. The third kappa shape index (κ3) is 3.04. The normalized spacial score (nSPS) is 12.1. The molecule has 0 bridgehead atoms. The molecule has 0 saturated heterocycles. The Bertz CT molecular complexity index is 782. The van der Waals surface area contributed by atoms with Gasteiger partial charge in [0.1, 0.15) is 11.1 Å². The maximum Gasteiger partial charge on any atom is 0.358 e. The van der Waals surface area contributed by atoms with Crippen molar-refractivity contribution in [3.63, 3.8) is 0 Å². The fourth-order valence-corrected chi connectivity index (χ4v) is 2.69. The number of rotatable bonds is 4. The van der Waals surface area contributed by atoms with E-state index in [-0.39, 0.29) is 0 Å². The van der Waals surface area contributed by atoms with Gasteiger partial charge in [0.2, 0.25) is 0 Å². The monoisotopic (exact) mass is 314 g/mol. The van der Waals surface area contributed by atoms with Gasteiger partial charge in [0.05, 0.1) is 11.9 Å². The van der Waals surface area contributed by atoms with Crippen molar-refractivity contribution in [2.24, 2.45) is 7.05 Å². The first-order valence-corrected chi connectivity index (χ1v) is 7.58. The zero-order valence-corrected chi connectivity index (χ0v) is 12.9. The summed E-state index contributed by atoms with van der Waals surface area (Å²) in [6.45, 7) is 1.79. The smallest absolute Gasteiger partial charge is 0.358 e. The molecule has 3 aromatic rings. The van der Waals surface area contributed by atoms with Crippen LogP contribution in [0.4, 0.5) is 0 Å². The molecule has 3 rings (SSSR count). The molecule has 0 fully saturated rings. The Morgan fingerprint density at radius 3 is 2.95 bits per heavy atom. The number of esters is 1. The third-order valence-corrected chi connectivity index (χ3v) is 3.94. The number of aryl methyl sites for hydroxylation is 1. The van der Waals surface area contributed by atoms with Gasteiger partial charge in [0.15, 0.2) is 5.69 Å². The highest BCUT2D eigenvalue weighted by Crippen LogP contribution is 2.24. The number of nitrogens with zero attached hydrogens (tertiary/aromatic N) is 4. The van der Waals surface area contributed by atoms with E-state index >= 15 is 0 Å². The summed E-state index contributed by atoms with van der Waals surface area (Å²) in [5.41, 5.74) is 1.88. The van der Waals surface area contributed by atoms with Gasteiger partial charge in [-0.15, -0.1) is 11.3 Å². The quantitative estimate of drug-likeness (QED) is 0.693. The highest BCUT2D eigenvalue weighted by Gasteiger charge is 2.18. The van der Waals surface area contributed by atoms with Crippen molar-refractivity contribution >= 4 is 17.3 Å². The van der Waals surface area contributed by atoms with Gasteiger partial charge in [-0.25, -0.2) is 9.78 Å². The summed E-state index contributed by atoms with van der Waals surface area (Å²) >= 11 is 1.39. The van der Waals surface area contributed by atoms with Crippen LogP contribution in [0.15, 0.2) is 42.2 Å². The lowest BCUT2D eigenvalue weighted by Crippen LogP contribution is -2.10. The predicted octanol–water partition coefficient (Wildman–Crippen LogP) is 2.86. The van der Waals surface area contributed by atoms with E-state index in [1.54, 1.807) is 29.4 Å². The van der Waals surface area contributed by atoms with Crippen LogP contribution in [0.5, 0.6) is 0 Å². The van der Waals surface area contributed by atoms with E-state index in [9.17, 15) is 4.79 Å². The molecule has 0 spiro atoms. The summed E-state index contributed by atoms with van der Waals surface area (Å²) in [5, 5.41) is 6.53. The second kappa shape index (κ2) is 6.07. The fraction of sp³-hybridized carbons (Fsp3) is 0.200. The molecule has 3 heterocycles. The molecule has 7 heteroatoms. The maximum absolute atomic E-state index is 12.2. The molecule has 0 aliphatic rings. The Kier molecular flexibility index (Phi) is 3.97. The second-order valence-electron chi connectivity index (χ2n) is 4.74. The first kappa shape index (κ1) is 14.4. The maximum atomic E-state index is 12.2. The van der Waals surface area contributed by atoms with E-state index in [0.717, 1.165) is 10.6 Å². The van der Waals surface area contributed by atoms with Crippen molar-refractivity contribution < 1.29 is 9.53 Å². The standard InChI is InChI=1S/C15H14N4O2S/c1-10(12-5-3-4-6-16-12)21-15(20)13-9-22-14(18-13)11-7-17-19(2)8-11/h3-10H,1-2H3/t10-/m1/s1. The van der Waals surface area contributed by atoms with Gasteiger partial charge in [-0.2, -0.15) is 5.10 Å². The predicted molar refractivity (Wildman–Crippen MR) is 82.4 cm³/mol. The lowest BCUT2D eigenvalue weighted by atomic mass is 10.2. The van der Waals surface area contributed by atoms with E-state index in [0.29, 0.717) is 11.4 Å². The van der Waals surface area contributed by atoms with Gasteiger partial charge in [0.25, 0.3) is 0 Å².